The van der Waals surface area contributed by atoms with E-state index in [1.54, 1.807) is 12.3 Å². The van der Waals surface area contributed by atoms with Crippen molar-refractivity contribution in [2.24, 2.45) is 5.73 Å². The van der Waals surface area contributed by atoms with E-state index < -0.39 is 5.91 Å². The molecule has 0 aromatic carbocycles. The van der Waals surface area contributed by atoms with E-state index in [9.17, 15) is 4.79 Å². The number of carbonyl (C=O) groups excluding carboxylic acids is 1. The molecular weight excluding hydrogens is 152 g/mol. The maximum absolute atomic E-state index is 10.5. The smallest absolute Gasteiger partial charge is 0.267 e. The highest BCUT2D eigenvalue weighted by Gasteiger charge is 1.98. The molecule has 1 aromatic heterocycles. The van der Waals surface area contributed by atoms with Crippen molar-refractivity contribution in [2.45, 2.75) is 20.8 Å². The van der Waals surface area contributed by atoms with Crippen molar-refractivity contribution in [2.75, 3.05) is 0 Å². The highest BCUT2D eigenvalue weighted by molar-refractivity contribution is 5.90. The lowest BCUT2D eigenvalue weighted by molar-refractivity contribution is 0.0995. The minimum absolute atomic E-state index is 0.319. The number of carbonyl (C=O) groups is 1. The summed E-state index contributed by atoms with van der Waals surface area (Å²) in [7, 11) is 0. The summed E-state index contributed by atoms with van der Waals surface area (Å²) in [6, 6.07) is 3.47. The molecule has 1 rings (SSSR count). The molecule has 0 bridgehead atoms. The minimum atomic E-state index is -0.483. The van der Waals surface area contributed by atoms with Crippen molar-refractivity contribution < 1.29 is 4.79 Å². The van der Waals surface area contributed by atoms with Gasteiger partial charge >= 0.3 is 0 Å². The number of aromatic nitrogens is 1. The minimum Gasteiger partial charge on any atom is -0.364 e. The number of hydrogen-bond acceptors (Lipinski definition) is 2. The Labute approximate surface area is 72.6 Å². The number of nitrogens with zero attached hydrogens (tertiary/aromatic N) is 1. The van der Waals surface area contributed by atoms with Crippen molar-refractivity contribution in [3.8, 4) is 0 Å². The van der Waals surface area contributed by atoms with Gasteiger partial charge in [0.15, 0.2) is 0 Å². The Kier molecular flexibility index (Phi) is 4.69. The van der Waals surface area contributed by atoms with Gasteiger partial charge in [-0.25, -0.2) is 0 Å². The summed E-state index contributed by atoms with van der Waals surface area (Å²) in [6.07, 6.45) is 1.56. The predicted octanol–water partition coefficient (Wildman–Crippen LogP) is 1.52. The number of rotatable bonds is 1. The molecule has 3 nitrogen and oxygen atoms in total. The van der Waals surface area contributed by atoms with Gasteiger partial charge in [-0.3, -0.25) is 9.78 Å². The molecule has 1 heterocycles. The molecule has 0 spiro atoms. The summed E-state index contributed by atoms with van der Waals surface area (Å²) in [6.45, 7) is 5.88. The highest BCUT2D eigenvalue weighted by atomic mass is 16.1. The summed E-state index contributed by atoms with van der Waals surface area (Å²) in [5, 5.41) is 0. The van der Waals surface area contributed by atoms with Gasteiger partial charge in [-0.15, -0.1) is 0 Å². The van der Waals surface area contributed by atoms with Crippen molar-refractivity contribution in [1.82, 2.24) is 4.98 Å². The zero-order valence-corrected chi connectivity index (χ0v) is 7.66. The summed E-state index contributed by atoms with van der Waals surface area (Å²) < 4.78 is 0. The summed E-state index contributed by atoms with van der Waals surface area (Å²) >= 11 is 0. The zero-order chi connectivity index (χ0) is 9.56. The van der Waals surface area contributed by atoms with Gasteiger partial charge in [0.2, 0.25) is 0 Å². The van der Waals surface area contributed by atoms with Gasteiger partial charge in [0.05, 0.1) is 0 Å². The van der Waals surface area contributed by atoms with Crippen LogP contribution in [0.25, 0.3) is 0 Å². The topological polar surface area (TPSA) is 56.0 Å². The van der Waals surface area contributed by atoms with Crippen LogP contribution in [-0.4, -0.2) is 10.9 Å². The van der Waals surface area contributed by atoms with E-state index in [2.05, 4.69) is 4.98 Å². The first-order valence-corrected chi connectivity index (χ1v) is 3.92. The molecule has 12 heavy (non-hydrogen) atoms. The van der Waals surface area contributed by atoms with Gasteiger partial charge in [-0.2, -0.15) is 0 Å². The lowest BCUT2D eigenvalue weighted by atomic mass is 10.2. The van der Waals surface area contributed by atoms with Crippen molar-refractivity contribution >= 4 is 5.91 Å². The summed E-state index contributed by atoms with van der Waals surface area (Å²) in [4.78, 5) is 14.3. The van der Waals surface area contributed by atoms with E-state index in [0.29, 0.717) is 5.69 Å². The first kappa shape index (κ1) is 10.6. The van der Waals surface area contributed by atoms with Crippen LogP contribution in [0.15, 0.2) is 18.3 Å². The molecule has 1 amide bonds. The molecule has 3 heteroatoms. The van der Waals surface area contributed by atoms with Crippen LogP contribution in [0.4, 0.5) is 0 Å². The predicted molar refractivity (Wildman–Crippen MR) is 48.8 cm³/mol. The lowest BCUT2D eigenvalue weighted by Gasteiger charge is -1.93. The van der Waals surface area contributed by atoms with Crippen LogP contribution in [-0.2, 0) is 0 Å². The monoisotopic (exact) mass is 166 g/mol. The molecule has 0 atom stereocenters. The molecule has 1 aromatic rings. The molecule has 0 fully saturated rings. The van der Waals surface area contributed by atoms with Crippen molar-refractivity contribution in [3.63, 3.8) is 0 Å². The quantitative estimate of drug-likeness (QED) is 0.687. The van der Waals surface area contributed by atoms with E-state index >= 15 is 0 Å². The number of nitrogens with two attached hydrogens (primary N) is 1. The Morgan fingerprint density at radius 1 is 1.50 bits per heavy atom. The second-order valence-corrected chi connectivity index (χ2v) is 2.08. The van der Waals surface area contributed by atoms with E-state index in [4.69, 9.17) is 5.73 Å². The Hall–Kier alpha value is -1.38. The molecule has 0 unspecified atom stereocenters. The van der Waals surface area contributed by atoms with Crippen LogP contribution in [0.5, 0.6) is 0 Å². The fourth-order valence-electron chi connectivity index (χ4n) is 0.671. The third kappa shape index (κ3) is 3.14. The standard InChI is InChI=1S/C7H8N2O.C2H6/c1-5-2-3-9-6(4-5)7(8)10;1-2/h2-4H,1H3,(H2,8,10);1-2H3. The number of hydrogen-bond donors (Lipinski definition) is 1. The van der Waals surface area contributed by atoms with Gasteiger partial charge < -0.3 is 5.73 Å². The molecule has 2 N–H and O–H groups in total. The third-order valence-electron chi connectivity index (χ3n) is 1.17. The molecule has 0 saturated carbocycles. The molecule has 0 radical (unpaired) electrons. The second-order valence-electron chi connectivity index (χ2n) is 2.08. The fraction of sp³-hybridized carbons (Fsp3) is 0.333. The van der Waals surface area contributed by atoms with Gasteiger partial charge in [0.1, 0.15) is 5.69 Å². The van der Waals surface area contributed by atoms with Crippen LogP contribution < -0.4 is 5.73 Å². The SMILES string of the molecule is CC.Cc1ccnc(C(N)=O)c1. The van der Waals surface area contributed by atoms with Gasteiger partial charge in [-0.1, -0.05) is 13.8 Å². The Morgan fingerprint density at radius 2 is 2.08 bits per heavy atom. The number of pyridine rings is 1. The maximum Gasteiger partial charge on any atom is 0.267 e. The van der Waals surface area contributed by atoms with Crippen molar-refractivity contribution in [1.29, 1.82) is 0 Å². The average Bonchev–Trinajstić information content (AvgIpc) is 2.08. The van der Waals surface area contributed by atoms with Crippen LogP contribution >= 0.6 is 0 Å². The Morgan fingerprint density at radius 3 is 2.42 bits per heavy atom. The summed E-state index contributed by atoms with van der Waals surface area (Å²) in [5.41, 5.74) is 6.29. The maximum atomic E-state index is 10.5. The van der Waals surface area contributed by atoms with Crippen LogP contribution in [0, 0.1) is 6.92 Å². The van der Waals surface area contributed by atoms with E-state index in [0.717, 1.165) is 5.56 Å². The van der Waals surface area contributed by atoms with Crippen molar-refractivity contribution in [3.05, 3.63) is 29.6 Å². The number of primary amides is 1. The number of amides is 1. The first-order chi connectivity index (χ1) is 5.70. The molecule has 0 saturated heterocycles. The van der Waals surface area contributed by atoms with E-state index in [1.165, 1.54) is 0 Å². The van der Waals surface area contributed by atoms with E-state index in [-0.39, 0.29) is 0 Å². The van der Waals surface area contributed by atoms with Gasteiger partial charge in [0.25, 0.3) is 5.91 Å². The average molecular weight is 166 g/mol. The molecule has 0 aliphatic carbocycles. The van der Waals surface area contributed by atoms with Gasteiger partial charge in [0, 0.05) is 6.20 Å². The van der Waals surface area contributed by atoms with Crippen LogP contribution in [0.1, 0.15) is 29.9 Å². The molecular formula is C9H14N2O. The third-order valence-corrected chi connectivity index (χ3v) is 1.17. The van der Waals surface area contributed by atoms with E-state index in [1.807, 2.05) is 26.8 Å². The summed E-state index contributed by atoms with van der Waals surface area (Å²) in [5.74, 6) is -0.483. The molecule has 0 aliphatic heterocycles. The van der Waals surface area contributed by atoms with Crippen LogP contribution in [0.2, 0.25) is 0 Å². The lowest BCUT2D eigenvalue weighted by Crippen LogP contribution is -2.12. The fourth-order valence-corrected chi connectivity index (χ4v) is 0.671. The molecule has 0 aliphatic rings. The van der Waals surface area contributed by atoms with Gasteiger partial charge in [-0.05, 0) is 24.6 Å². The first-order valence-electron chi connectivity index (χ1n) is 3.92. The zero-order valence-electron chi connectivity index (χ0n) is 7.66. The Bertz CT molecular complexity index is 258. The second kappa shape index (κ2) is 5.29. The number of aryl methyl sites for hydroxylation is 1. The molecule has 66 valence electrons. The highest BCUT2D eigenvalue weighted by Crippen LogP contribution is 1.97. The normalized spacial score (nSPS) is 8.25. The van der Waals surface area contributed by atoms with Crippen LogP contribution in [0.3, 0.4) is 0 Å². The largest absolute Gasteiger partial charge is 0.364 e. The Balaban J connectivity index is 0.000000561.